The molecule has 0 aliphatic heterocycles. The molecule has 0 saturated heterocycles. The SMILES string of the molecule is CNc1nc(C)c(C(=O)/C=C/c2ccc([N+](=O)[O-])cc2)s1. The Hall–Kier alpha value is -2.54. The molecule has 0 aliphatic rings. The van der Waals surface area contributed by atoms with Crippen LogP contribution in [-0.4, -0.2) is 22.7 Å². The minimum absolute atomic E-state index is 0.0236. The van der Waals surface area contributed by atoms with Gasteiger partial charge in [0.1, 0.15) is 0 Å². The van der Waals surface area contributed by atoms with Gasteiger partial charge in [0.05, 0.1) is 15.5 Å². The molecule has 1 aromatic carbocycles. The van der Waals surface area contributed by atoms with Gasteiger partial charge in [0.25, 0.3) is 5.69 Å². The van der Waals surface area contributed by atoms with Crippen molar-refractivity contribution in [3.63, 3.8) is 0 Å². The third-order valence-corrected chi connectivity index (χ3v) is 3.95. The molecule has 0 bridgehead atoms. The molecule has 1 heterocycles. The number of benzene rings is 1. The molecular weight excluding hydrogens is 290 g/mol. The van der Waals surface area contributed by atoms with Crippen molar-refractivity contribution in [2.75, 3.05) is 12.4 Å². The number of aromatic nitrogens is 1. The lowest BCUT2D eigenvalue weighted by atomic mass is 10.1. The van der Waals surface area contributed by atoms with Gasteiger partial charge in [-0.3, -0.25) is 14.9 Å². The normalized spacial score (nSPS) is 10.8. The minimum atomic E-state index is -0.460. The maximum Gasteiger partial charge on any atom is 0.269 e. The van der Waals surface area contributed by atoms with Crippen LogP contribution in [0.3, 0.4) is 0 Å². The molecule has 21 heavy (non-hydrogen) atoms. The Bertz CT molecular complexity index is 705. The van der Waals surface area contributed by atoms with Crippen molar-refractivity contribution in [1.82, 2.24) is 4.98 Å². The fourth-order valence-electron chi connectivity index (χ4n) is 1.69. The average molecular weight is 303 g/mol. The number of hydrogen-bond acceptors (Lipinski definition) is 6. The third kappa shape index (κ3) is 3.51. The van der Waals surface area contributed by atoms with Gasteiger partial charge in [0, 0.05) is 19.2 Å². The van der Waals surface area contributed by atoms with Crippen LogP contribution in [0.2, 0.25) is 0 Å². The van der Waals surface area contributed by atoms with E-state index in [1.54, 1.807) is 32.2 Å². The summed E-state index contributed by atoms with van der Waals surface area (Å²) in [6.07, 6.45) is 3.07. The number of nitro groups is 1. The first-order valence-electron chi connectivity index (χ1n) is 6.13. The number of thiazole rings is 1. The van der Waals surface area contributed by atoms with E-state index < -0.39 is 4.92 Å². The van der Waals surface area contributed by atoms with Crippen molar-refractivity contribution in [2.24, 2.45) is 0 Å². The second kappa shape index (κ2) is 6.27. The Morgan fingerprint density at radius 2 is 2.05 bits per heavy atom. The van der Waals surface area contributed by atoms with Crippen molar-refractivity contribution in [3.8, 4) is 0 Å². The molecule has 2 rings (SSSR count). The summed E-state index contributed by atoms with van der Waals surface area (Å²) in [7, 11) is 1.75. The topological polar surface area (TPSA) is 85.1 Å². The molecule has 0 radical (unpaired) electrons. The third-order valence-electron chi connectivity index (χ3n) is 2.77. The first-order valence-corrected chi connectivity index (χ1v) is 6.95. The van der Waals surface area contributed by atoms with Crippen molar-refractivity contribution in [2.45, 2.75) is 6.92 Å². The molecular formula is C14H13N3O3S. The van der Waals surface area contributed by atoms with Crippen molar-refractivity contribution < 1.29 is 9.72 Å². The van der Waals surface area contributed by atoms with Crippen LogP contribution in [0.25, 0.3) is 6.08 Å². The van der Waals surface area contributed by atoms with E-state index in [9.17, 15) is 14.9 Å². The van der Waals surface area contributed by atoms with Gasteiger partial charge >= 0.3 is 0 Å². The van der Waals surface area contributed by atoms with Crippen LogP contribution in [0.4, 0.5) is 10.8 Å². The van der Waals surface area contributed by atoms with Gasteiger partial charge in [0.15, 0.2) is 10.9 Å². The van der Waals surface area contributed by atoms with Crippen LogP contribution < -0.4 is 5.32 Å². The lowest BCUT2D eigenvalue weighted by Gasteiger charge is -1.94. The number of nitrogens with zero attached hydrogens (tertiary/aromatic N) is 2. The number of non-ortho nitro benzene ring substituents is 1. The zero-order valence-corrected chi connectivity index (χ0v) is 12.3. The summed E-state index contributed by atoms with van der Waals surface area (Å²) in [5.74, 6) is -0.134. The lowest BCUT2D eigenvalue weighted by Crippen LogP contribution is -1.93. The van der Waals surface area contributed by atoms with E-state index in [1.807, 2.05) is 0 Å². The van der Waals surface area contributed by atoms with Crippen LogP contribution >= 0.6 is 11.3 Å². The van der Waals surface area contributed by atoms with Gasteiger partial charge in [-0.15, -0.1) is 0 Å². The Morgan fingerprint density at radius 3 is 2.57 bits per heavy atom. The second-order valence-electron chi connectivity index (χ2n) is 4.23. The molecule has 6 nitrogen and oxygen atoms in total. The smallest absolute Gasteiger partial charge is 0.269 e. The first kappa shape index (κ1) is 14.9. The molecule has 108 valence electrons. The predicted octanol–water partition coefficient (Wildman–Crippen LogP) is 3.30. The number of carbonyl (C=O) groups is 1. The maximum atomic E-state index is 12.1. The monoisotopic (exact) mass is 303 g/mol. The molecule has 1 N–H and O–H groups in total. The largest absolute Gasteiger partial charge is 0.365 e. The van der Waals surface area contributed by atoms with E-state index >= 15 is 0 Å². The van der Waals surface area contributed by atoms with Crippen LogP contribution in [0.15, 0.2) is 30.3 Å². The zero-order chi connectivity index (χ0) is 15.4. The highest BCUT2D eigenvalue weighted by Gasteiger charge is 2.12. The van der Waals surface area contributed by atoms with Gasteiger partial charge in [-0.2, -0.15) is 0 Å². The molecule has 0 amide bonds. The second-order valence-corrected chi connectivity index (χ2v) is 5.23. The summed E-state index contributed by atoms with van der Waals surface area (Å²) in [6.45, 7) is 1.78. The first-order chi connectivity index (χ1) is 10.0. The molecule has 2 aromatic rings. The van der Waals surface area contributed by atoms with Crippen molar-refractivity contribution in [3.05, 3.63) is 56.6 Å². The summed E-state index contributed by atoms with van der Waals surface area (Å²) in [4.78, 5) is 27.0. The molecule has 0 fully saturated rings. The van der Waals surface area contributed by atoms with E-state index in [0.29, 0.717) is 15.7 Å². The number of nitro benzene ring substituents is 1. The Morgan fingerprint density at radius 1 is 1.38 bits per heavy atom. The standard InChI is InChI=1S/C14H13N3O3S/c1-9-13(21-14(15-2)16-9)12(18)8-5-10-3-6-11(7-4-10)17(19)20/h3-8H,1-2H3,(H,15,16)/b8-5+. The van der Waals surface area contributed by atoms with Gasteiger partial charge < -0.3 is 5.32 Å². The summed E-state index contributed by atoms with van der Waals surface area (Å²) in [6, 6.07) is 6.00. The summed E-state index contributed by atoms with van der Waals surface area (Å²) >= 11 is 1.30. The molecule has 0 saturated carbocycles. The van der Waals surface area contributed by atoms with Crippen LogP contribution in [0.5, 0.6) is 0 Å². The maximum absolute atomic E-state index is 12.1. The highest BCUT2D eigenvalue weighted by Crippen LogP contribution is 2.23. The Labute approximate surface area is 125 Å². The molecule has 1 aromatic heterocycles. The van der Waals surface area contributed by atoms with Gasteiger partial charge in [-0.25, -0.2) is 4.98 Å². The number of ketones is 1. The Balaban J connectivity index is 2.14. The van der Waals surface area contributed by atoms with Crippen LogP contribution in [-0.2, 0) is 0 Å². The zero-order valence-electron chi connectivity index (χ0n) is 11.5. The minimum Gasteiger partial charge on any atom is -0.365 e. The van der Waals surface area contributed by atoms with Gasteiger partial charge in [0.2, 0.25) is 0 Å². The number of carbonyl (C=O) groups excluding carboxylic acids is 1. The van der Waals surface area contributed by atoms with Crippen LogP contribution in [0, 0.1) is 17.0 Å². The predicted molar refractivity (Wildman–Crippen MR) is 82.9 cm³/mol. The van der Waals surface area contributed by atoms with E-state index in [4.69, 9.17) is 0 Å². The number of rotatable bonds is 5. The Kier molecular flexibility index (Phi) is 4.44. The highest BCUT2D eigenvalue weighted by molar-refractivity contribution is 7.17. The van der Waals surface area contributed by atoms with E-state index in [-0.39, 0.29) is 11.5 Å². The summed E-state index contributed by atoms with van der Waals surface area (Å²) < 4.78 is 0. The molecule has 7 heteroatoms. The number of nitrogens with one attached hydrogen (secondary N) is 1. The van der Waals surface area contributed by atoms with Crippen molar-refractivity contribution in [1.29, 1.82) is 0 Å². The van der Waals surface area contributed by atoms with E-state index in [2.05, 4.69) is 10.3 Å². The molecule has 0 aliphatic carbocycles. The summed E-state index contributed by atoms with van der Waals surface area (Å²) in [5.41, 5.74) is 1.43. The molecule has 0 unspecified atom stereocenters. The highest BCUT2D eigenvalue weighted by atomic mass is 32.1. The molecule has 0 spiro atoms. The fourth-order valence-corrected chi connectivity index (χ4v) is 2.53. The molecule has 0 atom stereocenters. The van der Waals surface area contributed by atoms with E-state index in [1.165, 1.54) is 29.5 Å². The van der Waals surface area contributed by atoms with E-state index in [0.717, 1.165) is 5.56 Å². The average Bonchev–Trinajstić information content (AvgIpc) is 2.86. The van der Waals surface area contributed by atoms with Crippen LogP contribution in [0.1, 0.15) is 20.9 Å². The quantitative estimate of drug-likeness (QED) is 0.396. The summed E-state index contributed by atoms with van der Waals surface area (Å²) in [5, 5.41) is 14.1. The van der Waals surface area contributed by atoms with Crippen molar-refractivity contribution >= 4 is 34.0 Å². The van der Waals surface area contributed by atoms with Gasteiger partial charge in [-0.05, 0) is 30.7 Å². The number of aryl methyl sites for hydroxylation is 1. The number of anilines is 1. The van der Waals surface area contributed by atoms with Gasteiger partial charge in [-0.1, -0.05) is 17.4 Å². The lowest BCUT2D eigenvalue weighted by molar-refractivity contribution is -0.384. The number of hydrogen-bond donors (Lipinski definition) is 1. The fraction of sp³-hybridized carbons (Fsp3) is 0.143. The number of allylic oxidation sites excluding steroid dienone is 1.